The van der Waals surface area contributed by atoms with Crippen LogP contribution in [-0.2, 0) is 14.9 Å². The number of rotatable bonds is 7. The lowest BCUT2D eigenvalue weighted by atomic mass is 9.74. The molecule has 1 aromatic rings. The van der Waals surface area contributed by atoms with Crippen LogP contribution in [-0.4, -0.2) is 63.7 Å². The first-order valence-corrected chi connectivity index (χ1v) is 11.9. The molecule has 1 aliphatic carbocycles. The Labute approximate surface area is 214 Å². The number of nitrogens with one attached hydrogen (secondary N) is 2. The van der Waals surface area contributed by atoms with E-state index in [4.69, 9.17) is 21.3 Å². The van der Waals surface area contributed by atoms with Gasteiger partial charge in [0.1, 0.15) is 0 Å². The molecule has 1 saturated carbocycles. The number of nitrogens with zero attached hydrogens (tertiary/aromatic N) is 2. The monoisotopic (exact) mass is 576 g/mol. The number of ether oxygens (including phenoxy) is 1. The number of aliphatic imine (C=N–C) groups is 1. The van der Waals surface area contributed by atoms with Gasteiger partial charge < -0.3 is 20.3 Å². The fourth-order valence-corrected chi connectivity index (χ4v) is 5.13. The molecule has 0 radical (unpaired) electrons. The Balaban J connectivity index is 0.00000363. The van der Waals surface area contributed by atoms with E-state index in [-0.39, 0.29) is 40.7 Å². The minimum absolute atomic E-state index is 0. The average Bonchev–Trinajstić information content (AvgIpc) is 3.26. The smallest absolute Gasteiger partial charge is 0.230 e. The molecule has 1 aliphatic heterocycles. The van der Waals surface area contributed by atoms with Crippen LogP contribution >= 0.6 is 35.6 Å². The maximum Gasteiger partial charge on any atom is 0.230 e. The van der Waals surface area contributed by atoms with Crippen molar-refractivity contribution in [3.8, 4) is 0 Å². The van der Waals surface area contributed by atoms with Crippen molar-refractivity contribution in [2.45, 2.75) is 50.9 Å². The Morgan fingerprint density at radius 3 is 2.44 bits per heavy atom. The average molecular weight is 577 g/mol. The lowest BCUT2D eigenvalue weighted by Crippen LogP contribution is -2.48. The number of amides is 1. The summed E-state index contributed by atoms with van der Waals surface area (Å²) in [6.07, 6.45) is 5.88. The molecule has 2 fully saturated rings. The van der Waals surface area contributed by atoms with E-state index in [2.05, 4.69) is 29.7 Å². The van der Waals surface area contributed by atoms with Gasteiger partial charge in [-0.05, 0) is 50.3 Å². The zero-order chi connectivity index (χ0) is 22.3. The summed E-state index contributed by atoms with van der Waals surface area (Å²) >= 11 is 6.31. The molecule has 1 amide bonds. The van der Waals surface area contributed by atoms with Gasteiger partial charge in [0.15, 0.2) is 5.96 Å². The van der Waals surface area contributed by atoms with Crippen LogP contribution in [0.15, 0.2) is 29.3 Å². The molecule has 0 unspecified atom stereocenters. The molecule has 1 aromatic carbocycles. The van der Waals surface area contributed by atoms with Crippen LogP contribution in [0.4, 0.5) is 0 Å². The standard InChI is InChI=1S/C24H37ClN4O2.HI/c1-4-26-22(28-18-24(10-5-6-11-24)21(30)29(2)3)27-17-23(12-14-31-15-13-23)19-8-7-9-20(25)16-19;/h7-9,16H,4-6,10-15,17-18H2,1-3H3,(H2,26,27,28);1H. The van der Waals surface area contributed by atoms with Crippen LogP contribution in [0.3, 0.4) is 0 Å². The Morgan fingerprint density at radius 1 is 1.16 bits per heavy atom. The van der Waals surface area contributed by atoms with Gasteiger partial charge in [0, 0.05) is 50.8 Å². The third-order valence-corrected chi connectivity index (χ3v) is 7.02. The van der Waals surface area contributed by atoms with E-state index in [0.29, 0.717) is 6.54 Å². The van der Waals surface area contributed by atoms with E-state index in [1.807, 2.05) is 26.2 Å². The molecule has 32 heavy (non-hydrogen) atoms. The number of carbonyl (C=O) groups is 1. The Morgan fingerprint density at radius 2 is 1.84 bits per heavy atom. The second-order valence-corrected chi connectivity index (χ2v) is 9.58. The van der Waals surface area contributed by atoms with Gasteiger partial charge in [-0.2, -0.15) is 0 Å². The van der Waals surface area contributed by atoms with Crippen molar-refractivity contribution in [1.29, 1.82) is 0 Å². The largest absolute Gasteiger partial charge is 0.381 e. The minimum atomic E-state index is -0.366. The molecule has 180 valence electrons. The van der Waals surface area contributed by atoms with Crippen molar-refractivity contribution in [2.75, 3.05) is 46.9 Å². The number of carbonyl (C=O) groups excluding carboxylic acids is 1. The van der Waals surface area contributed by atoms with Gasteiger partial charge in [-0.3, -0.25) is 9.79 Å². The van der Waals surface area contributed by atoms with Crippen molar-refractivity contribution >= 4 is 47.4 Å². The van der Waals surface area contributed by atoms with E-state index >= 15 is 0 Å². The number of benzene rings is 1. The van der Waals surface area contributed by atoms with Crippen LogP contribution in [0.2, 0.25) is 5.02 Å². The summed E-state index contributed by atoms with van der Waals surface area (Å²) in [4.78, 5) is 19.5. The second-order valence-electron chi connectivity index (χ2n) is 9.14. The topological polar surface area (TPSA) is 66.0 Å². The van der Waals surface area contributed by atoms with Crippen LogP contribution in [0, 0.1) is 5.41 Å². The van der Waals surface area contributed by atoms with Gasteiger partial charge in [-0.25, -0.2) is 0 Å². The Hall–Kier alpha value is -1.06. The van der Waals surface area contributed by atoms with Gasteiger partial charge in [0.25, 0.3) is 0 Å². The highest BCUT2D eigenvalue weighted by Crippen LogP contribution is 2.40. The van der Waals surface area contributed by atoms with Gasteiger partial charge in [-0.15, -0.1) is 24.0 Å². The fourth-order valence-electron chi connectivity index (χ4n) is 4.94. The highest BCUT2D eigenvalue weighted by molar-refractivity contribution is 14.0. The molecule has 1 saturated heterocycles. The van der Waals surface area contributed by atoms with Gasteiger partial charge >= 0.3 is 0 Å². The third-order valence-electron chi connectivity index (χ3n) is 6.79. The van der Waals surface area contributed by atoms with Crippen LogP contribution in [0.5, 0.6) is 0 Å². The molecule has 2 aliphatic rings. The quantitative estimate of drug-likeness (QED) is 0.290. The third kappa shape index (κ3) is 6.50. The van der Waals surface area contributed by atoms with Gasteiger partial charge in [0.2, 0.25) is 5.91 Å². The molecule has 6 nitrogen and oxygen atoms in total. The van der Waals surface area contributed by atoms with E-state index < -0.39 is 0 Å². The summed E-state index contributed by atoms with van der Waals surface area (Å²) in [5, 5.41) is 7.70. The summed E-state index contributed by atoms with van der Waals surface area (Å²) < 4.78 is 5.66. The van der Waals surface area contributed by atoms with E-state index in [9.17, 15) is 4.79 Å². The van der Waals surface area contributed by atoms with Crippen LogP contribution in [0.1, 0.15) is 51.0 Å². The molecule has 0 aromatic heterocycles. The summed E-state index contributed by atoms with van der Waals surface area (Å²) in [6.45, 7) is 5.58. The lowest BCUT2D eigenvalue weighted by Gasteiger charge is -2.38. The van der Waals surface area contributed by atoms with E-state index in [1.54, 1.807) is 4.90 Å². The molecule has 0 bridgehead atoms. The van der Waals surface area contributed by atoms with E-state index in [0.717, 1.165) is 75.8 Å². The highest BCUT2D eigenvalue weighted by Gasteiger charge is 2.42. The maximum absolute atomic E-state index is 12.9. The minimum Gasteiger partial charge on any atom is -0.381 e. The van der Waals surface area contributed by atoms with Crippen LogP contribution < -0.4 is 10.6 Å². The number of halogens is 2. The second kappa shape index (κ2) is 12.4. The normalized spacial score (nSPS) is 19.7. The lowest BCUT2D eigenvalue weighted by molar-refractivity contribution is -0.138. The number of hydrogen-bond acceptors (Lipinski definition) is 3. The van der Waals surface area contributed by atoms with E-state index in [1.165, 1.54) is 5.56 Å². The zero-order valence-electron chi connectivity index (χ0n) is 19.6. The summed E-state index contributed by atoms with van der Waals surface area (Å²) in [6, 6.07) is 8.17. The summed E-state index contributed by atoms with van der Waals surface area (Å²) in [7, 11) is 3.69. The Kier molecular flexibility index (Phi) is 10.5. The number of hydrogen-bond donors (Lipinski definition) is 2. The first-order valence-electron chi connectivity index (χ1n) is 11.5. The predicted octanol–water partition coefficient (Wildman–Crippen LogP) is 4.21. The van der Waals surface area contributed by atoms with Gasteiger partial charge in [0.05, 0.1) is 12.0 Å². The highest BCUT2D eigenvalue weighted by atomic mass is 127. The molecule has 2 N–H and O–H groups in total. The van der Waals surface area contributed by atoms with Crippen molar-refractivity contribution in [3.63, 3.8) is 0 Å². The summed E-state index contributed by atoms with van der Waals surface area (Å²) in [5.41, 5.74) is 0.820. The Bertz CT molecular complexity index is 775. The molecule has 0 spiro atoms. The molecule has 1 heterocycles. The molecular formula is C24H38ClIN4O2. The molecule has 8 heteroatoms. The number of guanidine groups is 1. The van der Waals surface area contributed by atoms with Crippen molar-refractivity contribution < 1.29 is 9.53 Å². The molecule has 0 atom stereocenters. The van der Waals surface area contributed by atoms with Crippen LogP contribution in [0.25, 0.3) is 0 Å². The van der Waals surface area contributed by atoms with Crippen molar-refractivity contribution in [1.82, 2.24) is 15.5 Å². The zero-order valence-corrected chi connectivity index (χ0v) is 22.7. The molecular weight excluding hydrogens is 539 g/mol. The molecule has 3 rings (SSSR count). The maximum atomic E-state index is 12.9. The predicted molar refractivity (Wildman–Crippen MR) is 142 cm³/mol. The van der Waals surface area contributed by atoms with Crippen molar-refractivity contribution in [2.24, 2.45) is 10.4 Å². The van der Waals surface area contributed by atoms with Gasteiger partial charge in [-0.1, -0.05) is 36.6 Å². The summed E-state index contributed by atoms with van der Waals surface area (Å²) in [5.74, 6) is 0.970. The SMILES string of the molecule is CCNC(=NCC1(C(=O)N(C)C)CCCC1)NCC1(c2cccc(Cl)c2)CCOCC1.I. The first kappa shape index (κ1) is 27.2. The first-order chi connectivity index (χ1) is 14.9. The van der Waals surface area contributed by atoms with Crippen molar-refractivity contribution in [3.05, 3.63) is 34.9 Å². The fraction of sp³-hybridized carbons (Fsp3) is 0.667.